The highest BCUT2D eigenvalue weighted by Gasteiger charge is 2.27. The Labute approximate surface area is 127 Å². The van der Waals surface area contributed by atoms with Crippen molar-refractivity contribution in [1.29, 1.82) is 0 Å². The molecule has 0 unspecified atom stereocenters. The van der Waals surface area contributed by atoms with Gasteiger partial charge < -0.3 is 11.1 Å². The summed E-state index contributed by atoms with van der Waals surface area (Å²) < 4.78 is 1.87. The van der Waals surface area contributed by atoms with E-state index in [0.717, 1.165) is 17.8 Å². The maximum absolute atomic E-state index is 11.9. The zero-order chi connectivity index (χ0) is 14.8. The molecule has 1 aromatic rings. The van der Waals surface area contributed by atoms with E-state index in [1.807, 2.05) is 46.3 Å². The Kier molecular flexibility index (Phi) is 6.71. The van der Waals surface area contributed by atoms with E-state index < -0.39 is 6.04 Å². The number of nitrogens with two attached hydrogens (primary N) is 1. The largest absolute Gasteiger partial charge is 0.354 e. The van der Waals surface area contributed by atoms with Crippen molar-refractivity contribution in [1.82, 2.24) is 15.1 Å². The lowest BCUT2D eigenvalue weighted by atomic mass is 9.87. The molecule has 0 aliphatic carbocycles. The molecule has 0 saturated heterocycles. The zero-order valence-corrected chi connectivity index (χ0v) is 14.1. The Morgan fingerprint density at radius 3 is 2.35 bits per heavy atom. The first-order valence-electron chi connectivity index (χ1n) is 6.67. The molecule has 0 saturated carbocycles. The van der Waals surface area contributed by atoms with E-state index in [1.165, 1.54) is 5.56 Å². The van der Waals surface area contributed by atoms with Crippen molar-refractivity contribution in [3.05, 3.63) is 17.0 Å². The summed E-state index contributed by atoms with van der Waals surface area (Å²) in [5.41, 5.74) is 9.06. The van der Waals surface area contributed by atoms with Gasteiger partial charge in [-0.1, -0.05) is 20.8 Å². The van der Waals surface area contributed by atoms with Crippen LogP contribution >= 0.6 is 12.4 Å². The second-order valence-corrected chi connectivity index (χ2v) is 6.16. The highest BCUT2D eigenvalue weighted by atomic mass is 35.5. The lowest BCUT2D eigenvalue weighted by Crippen LogP contribution is -2.49. The number of rotatable bonds is 4. The zero-order valence-electron chi connectivity index (χ0n) is 13.3. The molecular formula is C14H27ClN4O. The molecule has 116 valence electrons. The Bertz CT molecular complexity index is 462. The smallest absolute Gasteiger partial charge is 0.237 e. The van der Waals surface area contributed by atoms with Crippen LogP contribution in [-0.2, 0) is 18.3 Å². The normalized spacial score (nSPS) is 12.8. The lowest BCUT2D eigenvalue weighted by molar-refractivity contribution is -0.124. The minimum atomic E-state index is -0.483. The molecule has 5 nitrogen and oxygen atoms in total. The van der Waals surface area contributed by atoms with E-state index in [1.54, 1.807) is 0 Å². The van der Waals surface area contributed by atoms with Crippen LogP contribution in [0.2, 0.25) is 0 Å². The van der Waals surface area contributed by atoms with Gasteiger partial charge in [0.15, 0.2) is 0 Å². The molecule has 0 aliphatic heterocycles. The molecule has 3 N–H and O–H groups in total. The van der Waals surface area contributed by atoms with Gasteiger partial charge in [-0.25, -0.2) is 0 Å². The first-order chi connectivity index (χ1) is 8.64. The van der Waals surface area contributed by atoms with Gasteiger partial charge in [-0.2, -0.15) is 5.10 Å². The van der Waals surface area contributed by atoms with Gasteiger partial charge in [-0.3, -0.25) is 9.48 Å². The SMILES string of the molecule is Cc1nn(C)c(C)c1CCNC(=O)[C@@H](N)C(C)(C)C.Cl. The van der Waals surface area contributed by atoms with Crippen LogP contribution in [0.4, 0.5) is 0 Å². The monoisotopic (exact) mass is 302 g/mol. The van der Waals surface area contributed by atoms with Gasteiger partial charge in [0.2, 0.25) is 5.91 Å². The average Bonchev–Trinajstić information content (AvgIpc) is 2.53. The molecule has 1 atom stereocenters. The molecule has 1 amide bonds. The summed E-state index contributed by atoms with van der Waals surface area (Å²) in [6.07, 6.45) is 0.786. The van der Waals surface area contributed by atoms with Crippen LogP contribution in [0.3, 0.4) is 0 Å². The van der Waals surface area contributed by atoms with E-state index in [-0.39, 0.29) is 23.7 Å². The number of hydrogen-bond donors (Lipinski definition) is 2. The van der Waals surface area contributed by atoms with Crippen molar-refractivity contribution in [3.8, 4) is 0 Å². The molecule has 0 aliphatic rings. The fourth-order valence-corrected chi connectivity index (χ4v) is 1.99. The van der Waals surface area contributed by atoms with Gasteiger partial charge in [0.1, 0.15) is 0 Å². The molecule has 0 fully saturated rings. The first kappa shape index (κ1) is 18.9. The maximum Gasteiger partial charge on any atom is 0.237 e. The van der Waals surface area contributed by atoms with E-state index in [4.69, 9.17) is 5.73 Å². The standard InChI is InChI=1S/C14H26N4O.ClH/c1-9-11(10(2)18(6)17-9)7-8-16-13(19)12(15)14(3,4)5;/h12H,7-8,15H2,1-6H3,(H,16,19);1H/t12-;/m1./s1. The number of carbonyl (C=O) groups is 1. The summed E-state index contributed by atoms with van der Waals surface area (Å²) in [5, 5.41) is 7.26. The third-order valence-electron chi connectivity index (χ3n) is 3.55. The van der Waals surface area contributed by atoms with Crippen LogP contribution in [0.5, 0.6) is 0 Å². The highest BCUT2D eigenvalue weighted by Crippen LogP contribution is 2.17. The molecule has 20 heavy (non-hydrogen) atoms. The number of amides is 1. The van der Waals surface area contributed by atoms with Gasteiger partial charge in [-0.05, 0) is 31.2 Å². The number of carbonyl (C=O) groups excluding carboxylic acids is 1. The molecule has 1 aromatic heterocycles. The van der Waals surface area contributed by atoms with Gasteiger partial charge in [0.05, 0.1) is 11.7 Å². The number of hydrogen-bond acceptors (Lipinski definition) is 3. The molecule has 0 radical (unpaired) electrons. The molecule has 1 heterocycles. The number of aromatic nitrogens is 2. The van der Waals surface area contributed by atoms with Crippen molar-refractivity contribution < 1.29 is 4.79 Å². The minimum Gasteiger partial charge on any atom is -0.354 e. The fourth-order valence-electron chi connectivity index (χ4n) is 1.99. The van der Waals surface area contributed by atoms with Gasteiger partial charge in [0.25, 0.3) is 0 Å². The third-order valence-corrected chi connectivity index (χ3v) is 3.55. The Morgan fingerprint density at radius 1 is 1.40 bits per heavy atom. The van der Waals surface area contributed by atoms with E-state index in [0.29, 0.717) is 6.54 Å². The summed E-state index contributed by atoms with van der Waals surface area (Å²) in [6.45, 7) is 10.5. The van der Waals surface area contributed by atoms with E-state index in [9.17, 15) is 4.79 Å². The van der Waals surface area contributed by atoms with Crippen LogP contribution in [0.1, 0.15) is 37.7 Å². The second kappa shape index (κ2) is 7.09. The predicted octanol–water partition coefficient (Wildman–Crippen LogP) is 1.49. The number of aryl methyl sites for hydroxylation is 2. The Hall–Kier alpha value is -1.07. The quantitative estimate of drug-likeness (QED) is 0.885. The Balaban J connectivity index is 0.00000361. The summed E-state index contributed by atoms with van der Waals surface area (Å²) in [6, 6.07) is -0.483. The molecular weight excluding hydrogens is 276 g/mol. The summed E-state index contributed by atoms with van der Waals surface area (Å²) in [4.78, 5) is 11.9. The first-order valence-corrected chi connectivity index (χ1v) is 6.67. The van der Waals surface area contributed by atoms with Crippen molar-refractivity contribution in [2.75, 3.05) is 6.54 Å². The topological polar surface area (TPSA) is 72.9 Å². The van der Waals surface area contributed by atoms with Crippen molar-refractivity contribution in [2.45, 2.75) is 47.1 Å². The maximum atomic E-state index is 11.9. The third kappa shape index (κ3) is 4.49. The number of nitrogens with one attached hydrogen (secondary N) is 1. The molecule has 0 spiro atoms. The summed E-state index contributed by atoms with van der Waals surface area (Å²) in [5.74, 6) is -0.0910. The fraction of sp³-hybridized carbons (Fsp3) is 0.714. The molecule has 0 bridgehead atoms. The van der Waals surface area contributed by atoms with Crippen LogP contribution in [0.15, 0.2) is 0 Å². The van der Waals surface area contributed by atoms with Crippen LogP contribution in [-0.4, -0.2) is 28.3 Å². The van der Waals surface area contributed by atoms with Crippen molar-refractivity contribution >= 4 is 18.3 Å². The Morgan fingerprint density at radius 2 is 1.95 bits per heavy atom. The van der Waals surface area contributed by atoms with Crippen LogP contribution < -0.4 is 11.1 Å². The van der Waals surface area contributed by atoms with E-state index >= 15 is 0 Å². The summed E-state index contributed by atoms with van der Waals surface area (Å²) >= 11 is 0. The molecule has 0 aromatic carbocycles. The minimum absolute atomic E-state index is 0. The summed E-state index contributed by atoms with van der Waals surface area (Å²) in [7, 11) is 1.93. The van der Waals surface area contributed by atoms with Crippen LogP contribution in [0, 0.1) is 19.3 Å². The van der Waals surface area contributed by atoms with Crippen LogP contribution in [0.25, 0.3) is 0 Å². The predicted molar refractivity (Wildman–Crippen MR) is 84.1 cm³/mol. The molecule has 6 heteroatoms. The van der Waals surface area contributed by atoms with Gasteiger partial charge in [-0.15, -0.1) is 12.4 Å². The second-order valence-electron chi connectivity index (χ2n) is 6.16. The molecule has 1 rings (SSSR count). The lowest BCUT2D eigenvalue weighted by Gasteiger charge is -2.25. The van der Waals surface area contributed by atoms with E-state index in [2.05, 4.69) is 10.4 Å². The van der Waals surface area contributed by atoms with Crippen molar-refractivity contribution in [2.24, 2.45) is 18.2 Å². The highest BCUT2D eigenvalue weighted by molar-refractivity contribution is 5.85. The van der Waals surface area contributed by atoms with Crippen molar-refractivity contribution in [3.63, 3.8) is 0 Å². The number of nitrogens with zero attached hydrogens (tertiary/aromatic N) is 2. The number of halogens is 1. The van der Waals surface area contributed by atoms with Gasteiger partial charge in [0, 0.05) is 19.3 Å². The van der Waals surface area contributed by atoms with Gasteiger partial charge >= 0.3 is 0 Å². The average molecular weight is 303 g/mol.